The molecule has 3 aromatic rings. The third-order valence-electron chi connectivity index (χ3n) is 8.23. The monoisotopic (exact) mass is 492 g/mol. The number of carbonyl (C=O) groups is 1. The number of hydrogen-bond donors (Lipinski definition) is 2. The molecule has 2 heterocycles. The number of halogens is 1. The number of fused-ring (bicyclic) bond motifs is 1. The van der Waals surface area contributed by atoms with E-state index in [0.717, 1.165) is 47.8 Å². The first-order valence-corrected chi connectivity index (χ1v) is 12.8. The van der Waals surface area contributed by atoms with Crippen molar-refractivity contribution in [3.8, 4) is 5.75 Å². The Bertz CT molecular complexity index is 1230. The average Bonchev–Trinajstić information content (AvgIpc) is 2.87. The van der Waals surface area contributed by atoms with Gasteiger partial charge in [0.2, 0.25) is 0 Å². The van der Waals surface area contributed by atoms with Gasteiger partial charge in [-0.05, 0) is 91.9 Å². The summed E-state index contributed by atoms with van der Waals surface area (Å²) in [6.07, 6.45) is 4.65. The van der Waals surface area contributed by atoms with Gasteiger partial charge in [0.1, 0.15) is 11.6 Å². The summed E-state index contributed by atoms with van der Waals surface area (Å²) in [4.78, 5) is 18.8. The number of pyridine rings is 1. The van der Waals surface area contributed by atoms with Gasteiger partial charge in [0.25, 0.3) is 0 Å². The highest BCUT2D eigenvalue weighted by atomic mass is 19.1. The van der Waals surface area contributed by atoms with Crippen LogP contribution in [0.25, 0.3) is 10.9 Å². The molecule has 2 fully saturated rings. The molecule has 7 heteroatoms. The van der Waals surface area contributed by atoms with Crippen LogP contribution < -0.4 is 4.74 Å². The Morgan fingerprint density at radius 2 is 2.03 bits per heavy atom. The van der Waals surface area contributed by atoms with Crippen molar-refractivity contribution < 1.29 is 24.1 Å². The lowest BCUT2D eigenvalue weighted by molar-refractivity contribution is -0.147. The third kappa shape index (κ3) is 4.95. The quantitative estimate of drug-likeness (QED) is 0.452. The zero-order valence-corrected chi connectivity index (χ0v) is 20.5. The Labute approximate surface area is 210 Å². The number of hydrogen-bond acceptors (Lipinski definition) is 5. The molecule has 0 amide bonds. The molecule has 6 nitrogen and oxygen atoms in total. The van der Waals surface area contributed by atoms with Gasteiger partial charge in [0, 0.05) is 24.2 Å². The first kappa shape index (κ1) is 24.7. The topological polar surface area (TPSA) is 82.9 Å². The normalized spacial score (nSPS) is 25.3. The SMILES string of the molecule is COc1ccc2nccc([C@H](O)CC[C@@H]3CCN(C4CC(c5ccccc5F)C4)C[C@@H]3C(=O)O)c2c1. The number of nitrogens with zero attached hydrogens (tertiary/aromatic N) is 2. The number of aliphatic hydroxyl groups is 1. The lowest BCUT2D eigenvalue weighted by atomic mass is 9.73. The molecule has 0 unspecified atom stereocenters. The molecule has 2 aromatic carbocycles. The summed E-state index contributed by atoms with van der Waals surface area (Å²) in [5.41, 5.74) is 2.35. The van der Waals surface area contributed by atoms with E-state index in [1.54, 1.807) is 19.4 Å². The number of rotatable bonds is 8. The second-order valence-corrected chi connectivity index (χ2v) is 10.2. The van der Waals surface area contributed by atoms with Gasteiger partial charge >= 0.3 is 5.97 Å². The first-order valence-electron chi connectivity index (χ1n) is 12.8. The van der Waals surface area contributed by atoms with Gasteiger partial charge in [-0.3, -0.25) is 14.7 Å². The van der Waals surface area contributed by atoms with Gasteiger partial charge in [-0.15, -0.1) is 0 Å². The molecular formula is C29H33FN2O4. The summed E-state index contributed by atoms with van der Waals surface area (Å²) in [6.45, 7) is 1.36. The molecule has 2 N–H and O–H groups in total. The van der Waals surface area contributed by atoms with Crippen molar-refractivity contribution >= 4 is 16.9 Å². The second kappa shape index (κ2) is 10.5. The number of aromatic nitrogens is 1. The zero-order chi connectivity index (χ0) is 25.2. The van der Waals surface area contributed by atoms with Crippen molar-refractivity contribution in [2.24, 2.45) is 11.8 Å². The van der Waals surface area contributed by atoms with E-state index in [4.69, 9.17) is 4.74 Å². The van der Waals surface area contributed by atoms with Crippen LogP contribution in [-0.4, -0.2) is 52.3 Å². The predicted octanol–water partition coefficient (Wildman–Crippen LogP) is 5.17. The van der Waals surface area contributed by atoms with Crippen LogP contribution in [-0.2, 0) is 4.79 Å². The number of likely N-dealkylation sites (tertiary alicyclic amines) is 1. The molecule has 36 heavy (non-hydrogen) atoms. The molecule has 2 aliphatic rings. The summed E-state index contributed by atoms with van der Waals surface area (Å²) in [5, 5.41) is 21.9. The molecular weight excluding hydrogens is 459 g/mol. The van der Waals surface area contributed by atoms with Crippen LogP contribution in [0.15, 0.2) is 54.7 Å². The zero-order valence-electron chi connectivity index (χ0n) is 20.5. The smallest absolute Gasteiger partial charge is 0.308 e. The van der Waals surface area contributed by atoms with E-state index in [1.807, 2.05) is 36.4 Å². The van der Waals surface area contributed by atoms with Crippen LogP contribution in [0.4, 0.5) is 4.39 Å². The number of aliphatic carboxylic acids is 1. The van der Waals surface area contributed by atoms with Gasteiger partial charge < -0.3 is 14.9 Å². The lowest BCUT2D eigenvalue weighted by Gasteiger charge is -2.47. The van der Waals surface area contributed by atoms with Crippen molar-refractivity contribution in [3.63, 3.8) is 0 Å². The molecule has 0 bridgehead atoms. The molecule has 1 aliphatic carbocycles. The van der Waals surface area contributed by atoms with Crippen molar-refractivity contribution in [1.29, 1.82) is 0 Å². The summed E-state index contributed by atoms with van der Waals surface area (Å²) in [5.74, 6) is -0.465. The van der Waals surface area contributed by atoms with Gasteiger partial charge in [-0.2, -0.15) is 0 Å². The molecule has 1 saturated carbocycles. The molecule has 0 radical (unpaired) electrons. The van der Waals surface area contributed by atoms with Crippen LogP contribution in [0.5, 0.6) is 5.75 Å². The second-order valence-electron chi connectivity index (χ2n) is 10.2. The Morgan fingerprint density at radius 1 is 1.22 bits per heavy atom. The third-order valence-corrected chi connectivity index (χ3v) is 8.23. The molecule has 1 aliphatic heterocycles. The van der Waals surface area contributed by atoms with Crippen molar-refractivity contribution in [3.05, 3.63) is 71.7 Å². The summed E-state index contributed by atoms with van der Waals surface area (Å²) >= 11 is 0. The van der Waals surface area contributed by atoms with Gasteiger partial charge in [-0.1, -0.05) is 18.2 Å². The Hall–Kier alpha value is -3.03. The Kier molecular flexibility index (Phi) is 7.21. The van der Waals surface area contributed by atoms with E-state index in [9.17, 15) is 19.4 Å². The number of piperidine rings is 1. The highest BCUT2D eigenvalue weighted by Crippen LogP contribution is 2.43. The number of benzene rings is 2. The number of ether oxygens (including phenoxy) is 1. The fourth-order valence-electron chi connectivity index (χ4n) is 6.02. The largest absolute Gasteiger partial charge is 0.497 e. The van der Waals surface area contributed by atoms with E-state index in [-0.39, 0.29) is 17.7 Å². The minimum Gasteiger partial charge on any atom is -0.497 e. The summed E-state index contributed by atoms with van der Waals surface area (Å²) in [6, 6.07) is 14.7. The van der Waals surface area contributed by atoms with Crippen LogP contribution in [0, 0.1) is 17.7 Å². The van der Waals surface area contributed by atoms with Crippen LogP contribution in [0.3, 0.4) is 0 Å². The van der Waals surface area contributed by atoms with Crippen molar-refractivity contribution in [2.75, 3.05) is 20.2 Å². The lowest BCUT2D eigenvalue weighted by Crippen LogP contribution is -2.52. The molecule has 5 rings (SSSR count). The molecule has 1 saturated heterocycles. The van der Waals surface area contributed by atoms with Gasteiger partial charge in [-0.25, -0.2) is 4.39 Å². The summed E-state index contributed by atoms with van der Waals surface area (Å²) in [7, 11) is 1.61. The predicted molar refractivity (Wildman–Crippen MR) is 135 cm³/mol. The van der Waals surface area contributed by atoms with Crippen molar-refractivity contribution in [2.45, 2.75) is 50.2 Å². The first-order chi connectivity index (χ1) is 17.4. The highest BCUT2D eigenvalue weighted by Gasteiger charge is 2.41. The molecule has 3 atom stereocenters. The van der Waals surface area contributed by atoms with E-state index in [2.05, 4.69) is 9.88 Å². The number of carboxylic acid groups (broad SMARTS) is 1. The van der Waals surface area contributed by atoms with Crippen LogP contribution in [0.1, 0.15) is 55.3 Å². The van der Waals surface area contributed by atoms with Crippen LogP contribution >= 0.6 is 0 Å². The van der Waals surface area contributed by atoms with E-state index >= 15 is 0 Å². The van der Waals surface area contributed by atoms with Gasteiger partial charge in [0.15, 0.2) is 0 Å². The summed E-state index contributed by atoms with van der Waals surface area (Å²) < 4.78 is 19.5. The maximum atomic E-state index is 14.1. The molecule has 190 valence electrons. The maximum absolute atomic E-state index is 14.1. The number of aliphatic hydroxyl groups excluding tert-OH is 1. The van der Waals surface area contributed by atoms with Gasteiger partial charge in [0.05, 0.1) is 24.6 Å². The Morgan fingerprint density at radius 3 is 2.78 bits per heavy atom. The highest BCUT2D eigenvalue weighted by molar-refractivity contribution is 5.83. The van der Waals surface area contributed by atoms with Crippen molar-refractivity contribution in [1.82, 2.24) is 9.88 Å². The molecule has 0 spiro atoms. The number of carboxylic acids is 1. The number of methoxy groups -OCH3 is 1. The van der Waals surface area contributed by atoms with E-state index < -0.39 is 18.0 Å². The van der Waals surface area contributed by atoms with Crippen LogP contribution in [0.2, 0.25) is 0 Å². The maximum Gasteiger partial charge on any atom is 0.308 e. The Balaban J connectivity index is 1.20. The molecule has 1 aromatic heterocycles. The average molecular weight is 493 g/mol. The fraction of sp³-hybridized carbons (Fsp3) is 0.448. The standard InChI is InChI=1S/C29H33FN2O4/c1-36-21-7-8-27-24(16-21)23(10-12-31-27)28(33)9-6-18-11-13-32(17-25(18)29(34)35)20-14-19(15-20)22-4-2-3-5-26(22)30/h2-5,7-8,10,12,16,18-20,25,28,33H,6,9,11,13-15,17H2,1H3,(H,34,35)/t18-,19?,20?,25+,28-/m1/s1. The minimum absolute atomic E-state index is 0.0125. The minimum atomic E-state index is -0.775. The fourth-order valence-corrected chi connectivity index (χ4v) is 6.02. The van der Waals surface area contributed by atoms with E-state index in [0.29, 0.717) is 31.2 Å². The van der Waals surface area contributed by atoms with E-state index in [1.165, 1.54) is 6.07 Å².